The third kappa shape index (κ3) is 7.17. The summed E-state index contributed by atoms with van der Waals surface area (Å²) in [5, 5.41) is 10.1. The molecule has 3 rings (SSSR count). The Labute approximate surface area is 216 Å². The average Bonchev–Trinajstić information content (AvgIpc) is 2.86. The van der Waals surface area contributed by atoms with Gasteiger partial charge in [-0.1, -0.05) is 55.5 Å². The van der Waals surface area contributed by atoms with Crippen molar-refractivity contribution in [2.45, 2.75) is 45.2 Å². The third-order valence-electron chi connectivity index (χ3n) is 5.84. The van der Waals surface area contributed by atoms with Crippen molar-refractivity contribution >= 4 is 28.8 Å². The molecule has 0 radical (unpaired) electrons. The summed E-state index contributed by atoms with van der Waals surface area (Å²) in [5.41, 5.74) is 3.06. The van der Waals surface area contributed by atoms with Crippen LogP contribution in [-0.2, 0) is 0 Å². The number of aliphatic imine (C=N–C) groups is 1. The van der Waals surface area contributed by atoms with Gasteiger partial charge in [0.25, 0.3) is 0 Å². The number of alkyl halides is 3. The molecule has 1 aromatic carbocycles. The zero-order valence-electron chi connectivity index (χ0n) is 20.6. The predicted octanol–water partition coefficient (Wildman–Crippen LogP) is 7.58. The number of rotatable bonds is 9. The number of para-hydroxylation sites is 1. The summed E-state index contributed by atoms with van der Waals surface area (Å²) in [6.07, 6.45) is 6.78. The molecular weight excluding hydrogens is 485 g/mol. The first-order valence-corrected chi connectivity index (χ1v) is 12.4. The maximum Gasteiger partial charge on any atom is 0.414 e. The maximum absolute atomic E-state index is 13.7. The van der Waals surface area contributed by atoms with Crippen LogP contribution in [0.3, 0.4) is 0 Å². The molecule has 4 nitrogen and oxygen atoms in total. The fraction of sp³-hybridized carbons (Fsp3) is 0.321. The monoisotopic (exact) mass is 516 g/mol. The van der Waals surface area contributed by atoms with Crippen LogP contribution in [0.4, 0.5) is 18.9 Å². The van der Waals surface area contributed by atoms with Crippen LogP contribution in [0.25, 0.3) is 5.70 Å². The van der Waals surface area contributed by atoms with Crippen molar-refractivity contribution in [1.29, 1.82) is 0 Å². The number of halogens is 4. The van der Waals surface area contributed by atoms with Crippen LogP contribution in [0.15, 0.2) is 93.8 Å². The van der Waals surface area contributed by atoms with Gasteiger partial charge in [0.1, 0.15) is 5.84 Å². The smallest absolute Gasteiger partial charge is 0.385 e. The molecule has 0 unspecified atom stereocenters. The number of hydrogen-bond donors (Lipinski definition) is 3. The van der Waals surface area contributed by atoms with Crippen molar-refractivity contribution in [1.82, 2.24) is 10.6 Å². The highest BCUT2D eigenvalue weighted by Crippen LogP contribution is 2.35. The van der Waals surface area contributed by atoms with Gasteiger partial charge in [0.15, 0.2) is 0 Å². The summed E-state index contributed by atoms with van der Waals surface area (Å²) in [6.45, 7) is 7.08. The molecule has 0 aromatic heterocycles. The molecule has 1 aromatic rings. The van der Waals surface area contributed by atoms with E-state index in [9.17, 15) is 13.2 Å². The highest BCUT2D eigenvalue weighted by atomic mass is 35.5. The number of nitrogens with zero attached hydrogens (tertiary/aromatic N) is 1. The van der Waals surface area contributed by atoms with Gasteiger partial charge in [0.2, 0.25) is 0 Å². The highest BCUT2D eigenvalue weighted by Gasteiger charge is 2.36. The van der Waals surface area contributed by atoms with Crippen molar-refractivity contribution in [2.24, 2.45) is 4.99 Å². The minimum atomic E-state index is -4.42. The van der Waals surface area contributed by atoms with Gasteiger partial charge < -0.3 is 16.0 Å². The van der Waals surface area contributed by atoms with E-state index in [0.29, 0.717) is 35.1 Å². The Bertz CT molecular complexity index is 1150. The van der Waals surface area contributed by atoms with E-state index in [4.69, 9.17) is 11.6 Å². The number of nitrogens with one attached hydrogen (secondary N) is 3. The zero-order chi connectivity index (χ0) is 26.1. The lowest BCUT2D eigenvalue weighted by Crippen LogP contribution is -2.26. The summed E-state index contributed by atoms with van der Waals surface area (Å²) in [6, 6.07) is 7.79. The molecule has 0 spiro atoms. The van der Waals surface area contributed by atoms with Crippen LogP contribution in [-0.4, -0.2) is 25.6 Å². The van der Waals surface area contributed by atoms with Gasteiger partial charge in [-0.15, -0.1) is 0 Å². The highest BCUT2D eigenvalue weighted by molar-refractivity contribution is 6.32. The third-order valence-corrected chi connectivity index (χ3v) is 6.19. The van der Waals surface area contributed by atoms with Gasteiger partial charge in [-0.05, 0) is 55.9 Å². The Morgan fingerprint density at radius 1 is 1.14 bits per heavy atom. The van der Waals surface area contributed by atoms with Crippen molar-refractivity contribution in [3.8, 4) is 0 Å². The van der Waals surface area contributed by atoms with E-state index < -0.39 is 11.7 Å². The molecular formula is C28H32ClF3N4. The molecule has 0 bridgehead atoms. The van der Waals surface area contributed by atoms with E-state index in [-0.39, 0.29) is 12.1 Å². The van der Waals surface area contributed by atoms with Crippen LogP contribution < -0.4 is 16.0 Å². The molecule has 36 heavy (non-hydrogen) atoms. The number of amidine groups is 1. The molecule has 8 heteroatoms. The molecule has 0 amide bonds. The molecule has 0 heterocycles. The molecule has 3 N–H and O–H groups in total. The second kappa shape index (κ2) is 12.7. The average molecular weight is 517 g/mol. The summed E-state index contributed by atoms with van der Waals surface area (Å²) in [4.78, 5) is 4.33. The summed E-state index contributed by atoms with van der Waals surface area (Å²) >= 11 is 6.49. The van der Waals surface area contributed by atoms with Crippen molar-refractivity contribution in [3.63, 3.8) is 0 Å². The van der Waals surface area contributed by atoms with Gasteiger partial charge in [-0.2, -0.15) is 13.2 Å². The Hall–Kier alpha value is -3.19. The lowest BCUT2D eigenvalue weighted by Gasteiger charge is -2.24. The van der Waals surface area contributed by atoms with Crippen LogP contribution in [0, 0.1) is 0 Å². The number of benzene rings is 1. The summed E-state index contributed by atoms with van der Waals surface area (Å²) < 4.78 is 41.2. The number of anilines is 1. The van der Waals surface area contributed by atoms with E-state index in [1.807, 2.05) is 30.3 Å². The van der Waals surface area contributed by atoms with Crippen LogP contribution >= 0.6 is 11.6 Å². The van der Waals surface area contributed by atoms with Crippen LogP contribution in [0.1, 0.15) is 44.6 Å². The lowest BCUT2D eigenvalue weighted by atomic mass is 9.98. The van der Waals surface area contributed by atoms with Gasteiger partial charge in [-0.25, -0.2) is 0 Å². The fourth-order valence-electron chi connectivity index (χ4n) is 3.99. The van der Waals surface area contributed by atoms with E-state index >= 15 is 0 Å². The molecule has 2 aliphatic carbocycles. The van der Waals surface area contributed by atoms with Crippen LogP contribution in [0.2, 0.25) is 0 Å². The Balaban J connectivity index is 1.96. The first-order chi connectivity index (χ1) is 17.2. The van der Waals surface area contributed by atoms with Crippen LogP contribution in [0.5, 0.6) is 0 Å². The quantitative estimate of drug-likeness (QED) is 0.234. The van der Waals surface area contributed by atoms with E-state index in [1.165, 1.54) is 6.08 Å². The fourth-order valence-corrected chi connectivity index (χ4v) is 4.28. The molecule has 0 saturated heterocycles. The molecule has 0 aliphatic heterocycles. The van der Waals surface area contributed by atoms with Gasteiger partial charge in [0, 0.05) is 53.0 Å². The number of allylic oxidation sites excluding steroid dienone is 7. The first kappa shape index (κ1) is 27.4. The molecule has 0 fully saturated rings. The topological polar surface area (TPSA) is 48.5 Å². The maximum atomic E-state index is 13.7. The summed E-state index contributed by atoms with van der Waals surface area (Å²) in [5.74, 6) is 0.438. The van der Waals surface area contributed by atoms with E-state index in [1.54, 1.807) is 25.3 Å². The van der Waals surface area contributed by atoms with Crippen molar-refractivity contribution in [3.05, 3.63) is 94.4 Å². The second-order valence-corrected chi connectivity index (χ2v) is 8.87. The van der Waals surface area contributed by atoms with Gasteiger partial charge in [-0.3, -0.25) is 4.99 Å². The molecule has 192 valence electrons. The normalized spacial score (nSPS) is 16.9. The van der Waals surface area contributed by atoms with Gasteiger partial charge >= 0.3 is 6.18 Å². The summed E-state index contributed by atoms with van der Waals surface area (Å²) in [7, 11) is 1.61. The van der Waals surface area contributed by atoms with E-state index in [0.717, 1.165) is 36.2 Å². The lowest BCUT2D eigenvalue weighted by molar-refractivity contribution is -0.0950. The Morgan fingerprint density at radius 2 is 1.86 bits per heavy atom. The van der Waals surface area contributed by atoms with Crippen molar-refractivity contribution in [2.75, 3.05) is 18.9 Å². The minimum absolute atomic E-state index is 0.0231. The number of hydrogen-bond acceptors (Lipinski definition) is 3. The standard InChI is InChI=1S/C28H32ClF3N4/c1-4-17-34-24-15-9-6-11-20(24)19(2)35-27(33-3)18-26(21-12-5-8-14-23(21)29)36-25-16-10-7-13-22(25)28(30,31)32/h6,8-11,14-16,18,34,36H,2,4-5,7,12-13,17H2,1,3H3,(H,33,35)/b26-18-. The predicted molar refractivity (Wildman–Crippen MR) is 145 cm³/mol. The second-order valence-electron chi connectivity index (χ2n) is 8.47. The molecule has 0 saturated carbocycles. The minimum Gasteiger partial charge on any atom is -0.385 e. The van der Waals surface area contributed by atoms with Crippen molar-refractivity contribution < 1.29 is 13.2 Å². The van der Waals surface area contributed by atoms with Gasteiger partial charge in [0.05, 0.1) is 5.57 Å². The Kier molecular flexibility index (Phi) is 9.65. The largest absolute Gasteiger partial charge is 0.414 e. The molecule has 2 aliphatic rings. The Morgan fingerprint density at radius 3 is 2.56 bits per heavy atom. The molecule has 0 atom stereocenters. The SMILES string of the molecule is C=C(NC(/C=C(\NC1=C(C(F)(F)F)CCC=C1)C1=C(Cl)C=CCC1)=NC)c1ccccc1NCCC. The first-order valence-electron chi connectivity index (χ1n) is 12.0. The zero-order valence-corrected chi connectivity index (χ0v) is 21.4. The van der Waals surface area contributed by atoms with E-state index in [2.05, 4.69) is 34.4 Å².